The molecule has 100 valence electrons. The zero-order valence-electron chi connectivity index (χ0n) is 11.3. The van der Waals surface area contributed by atoms with E-state index in [0.717, 1.165) is 11.3 Å². The van der Waals surface area contributed by atoms with E-state index in [-0.39, 0.29) is 6.10 Å². The Morgan fingerprint density at radius 2 is 1.95 bits per heavy atom. The molecule has 0 radical (unpaired) electrons. The van der Waals surface area contributed by atoms with Crippen LogP contribution in [0.2, 0.25) is 0 Å². The third-order valence-corrected chi connectivity index (χ3v) is 2.59. The van der Waals surface area contributed by atoms with Gasteiger partial charge in [-0.05, 0) is 32.4 Å². The van der Waals surface area contributed by atoms with E-state index in [4.69, 9.17) is 10.5 Å². The van der Waals surface area contributed by atoms with E-state index in [1.807, 2.05) is 45.0 Å². The number of aryl methyl sites for hydroxylation is 1. The van der Waals surface area contributed by atoms with E-state index in [9.17, 15) is 0 Å². The largest absolute Gasteiger partial charge is 0.473 e. The van der Waals surface area contributed by atoms with Gasteiger partial charge in [0.2, 0.25) is 5.88 Å². The van der Waals surface area contributed by atoms with E-state index in [1.165, 1.54) is 6.33 Å². The Morgan fingerprint density at radius 1 is 1.21 bits per heavy atom. The van der Waals surface area contributed by atoms with Gasteiger partial charge in [0.1, 0.15) is 12.0 Å². The van der Waals surface area contributed by atoms with Crippen molar-refractivity contribution in [3.8, 4) is 5.88 Å². The molecule has 1 aromatic carbocycles. The predicted octanol–water partition coefficient (Wildman–Crippen LogP) is 2.90. The molecule has 0 fully saturated rings. The fourth-order valence-electron chi connectivity index (χ4n) is 1.64. The predicted molar refractivity (Wildman–Crippen MR) is 76.7 cm³/mol. The molecule has 0 amide bonds. The number of anilines is 3. The minimum absolute atomic E-state index is 0.0171. The quantitative estimate of drug-likeness (QED) is 0.882. The topological polar surface area (TPSA) is 73.1 Å². The van der Waals surface area contributed by atoms with Crippen molar-refractivity contribution in [2.45, 2.75) is 26.9 Å². The number of nitrogens with one attached hydrogen (secondary N) is 1. The van der Waals surface area contributed by atoms with Gasteiger partial charge in [-0.1, -0.05) is 18.2 Å². The highest BCUT2D eigenvalue weighted by atomic mass is 16.5. The van der Waals surface area contributed by atoms with E-state index < -0.39 is 0 Å². The highest BCUT2D eigenvalue weighted by Crippen LogP contribution is 2.28. The third kappa shape index (κ3) is 3.13. The summed E-state index contributed by atoms with van der Waals surface area (Å²) in [5, 5.41) is 3.20. The van der Waals surface area contributed by atoms with Crippen LogP contribution in [0.1, 0.15) is 19.4 Å². The number of nitrogens with two attached hydrogens (primary N) is 1. The molecule has 1 heterocycles. The summed E-state index contributed by atoms with van der Waals surface area (Å²) in [7, 11) is 0. The lowest BCUT2D eigenvalue weighted by Gasteiger charge is -2.14. The summed E-state index contributed by atoms with van der Waals surface area (Å²) in [4.78, 5) is 8.20. The molecule has 3 N–H and O–H groups in total. The van der Waals surface area contributed by atoms with E-state index in [0.29, 0.717) is 17.4 Å². The Balaban J connectivity index is 2.28. The summed E-state index contributed by atoms with van der Waals surface area (Å²) in [6, 6.07) is 7.93. The summed E-state index contributed by atoms with van der Waals surface area (Å²) in [6.07, 6.45) is 1.46. The SMILES string of the molecule is Cc1ccccc1Nc1ncnc(OC(C)C)c1N. The van der Waals surface area contributed by atoms with Gasteiger partial charge in [0.25, 0.3) is 0 Å². The Kier molecular flexibility index (Phi) is 3.85. The van der Waals surface area contributed by atoms with Crippen LogP contribution in [0.25, 0.3) is 0 Å². The van der Waals surface area contributed by atoms with Gasteiger partial charge in [0, 0.05) is 5.69 Å². The lowest BCUT2D eigenvalue weighted by Crippen LogP contribution is -2.11. The molecule has 0 saturated heterocycles. The molecule has 19 heavy (non-hydrogen) atoms. The van der Waals surface area contributed by atoms with E-state index in [2.05, 4.69) is 15.3 Å². The maximum absolute atomic E-state index is 6.02. The monoisotopic (exact) mass is 258 g/mol. The number of para-hydroxylation sites is 1. The molecule has 1 aromatic heterocycles. The van der Waals surface area contributed by atoms with Crippen molar-refractivity contribution < 1.29 is 4.74 Å². The second kappa shape index (κ2) is 5.56. The first-order chi connectivity index (χ1) is 9.08. The van der Waals surface area contributed by atoms with Crippen LogP contribution >= 0.6 is 0 Å². The smallest absolute Gasteiger partial charge is 0.242 e. The molecule has 0 aliphatic rings. The molecular weight excluding hydrogens is 240 g/mol. The van der Waals surface area contributed by atoms with Crippen LogP contribution in [-0.2, 0) is 0 Å². The summed E-state index contributed by atoms with van der Waals surface area (Å²) in [5.41, 5.74) is 8.51. The van der Waals surface area contributed by atoms with E-state index in [1.54, 1.807) is 0 Å². The van der Waals surface area contributed by atoms with Crippen molar-refractivity contribution in [2.24, 2.45) is 0 Å². The fourth-order valence-corrected chi connectivity index (χ4v) is 1.64. The third-order valence-electron chi connectivity index (χ3n) is 2.59. The van der Waals surface area contributed by atoms with Gasteiger partial charge in [-0.15, -0.1) is 0 Å². The Morgan fingerprint density at radius 3 is 2.63 bits per heavy atom. The molecular formula is C14H18N4O. The number of benzene rings is 1. The van der Waals surface area contributed by atoms with Crippen molar-refractivity contribution in [3.63, 3.8) is 0 Å². The van der Waals surface area contributed by atoms with Crippen LogP contribution in [0.5, 0.6) is 5.88 Å². The molecule has 2 rings (SSSR count). The zero-order valence-corrected chi connectivity index (χ0v) is 11.3. The van der Waals surface area contributed by atoms with Crippen LogP contribution < -0.4 is 15.8 Å². The fraction of sp³-hybridized carbons (Fsp3) is 0.286. The Bertz CT molecular complexity index is 569. The lowest BCUT2D eigenvalue weighted by molar-refractivity contribution is 0.234. The molecule has 0 spiro atoms. The zero-order chi connectivity index (χ0) is 13.8. The molecule has 0 aliphatic carbocycles. The molecule has 0 bridgehead atoms. The van der Waals surface area contributed by atoms with Gasteiger partial charge in [0.15, 0.2) is 5.82 Å². The highest BCUT2D eigenvalue weighted by Gasteiger charge is 2.11. The molecule has 5 heteroatoms. The average Bonchev–Trinajstić information content (AvgIpc) is 2.36. The number of rotatable bonds is 4. The maximum Gasteiger partial charge on any atom is 0.242 e. The minimum atomic E-state index is 0.0171. The van der Waals surface area contributed by atoms with Crippen molar-refractivity contribution in [1.82, 2.24) is 9.97 Å². The number of aromatic nitrogens is 2. The van der Waals surface area contributed by atoms with Gasteiger partial charge in [-0.2, -0.15) is 4.98 Å². The molecule has 2 aromatic rings. The second-order valence-electron chi connectivity index (χ2n) is 4.55. The second-order valence-corrected chi connectivity index (χ2v) is 4.55. The summed E-state index contributed by atoms with van der Waals surface area (Å²) < 4.78 is 5.54. The number of nitrogen functional groups attached to an aromatic ring is 1. The lowest BCUT2D eigenvalue weighted by atomic mass is 10.2. The summed E-state index contributed by atoms with van der Waals surface area (Å²) in [5.74, 6) is 0.959. The van der Waals surface area contributed by atoms with Crippen molar-refractivity contribution >= 4 is 17.2 Å². The van der Waals surface area contributed by atoms with Gasteiger partial charge < -0.3 is 15.8 Å². The van der Waals surface area contributed by atoms with E-state index >= 15 is 0 Å². The Hall–Kier alpha value is -2.30. The van der Waals surface area contributed by atoms with Crippen LogP contribution in [0, 0.1) is 6.92 Å². The van der Waals surface area contributed by atoms with Gasteiger partial charge in [-0.3, -0.25) is 0 Å². The molecule has 0 aliphatic heterocycles. The number of hydrogen-bond acceptors (Lipinski definition) is 5. The molecule has 0 saturated carbocycles. The molecule has 5 nitrogen and oxygen atoms in total. The maximum atomic E-state index is 6.02. The minimum Gasteiger partial charge on any atom is -0.473 e. The van der Waals surface area contributed by atoms with Crippen LogP contribution in [0.15, 0.2) is 30.6 Å². The number of nitrogens with zero attached hydrogens (tertiary/aromatic N) is 2. The van der Waals surface area contributed by atoms with Gasteiger partial charge >= 0.3 is 0 Å². The van der Waals surface area contributed by atoms with Crippen LogP contribution in [-0.4, -0.2) is 16.1 Å². The van der Waals surface area contributed by atoms with Gasteiger partial charge in [-0.25, -0.2) is 4.98 Å². The average molecular weight is 258 g/mol. The normalized spacial score (nSPS) is 10.5. The molecule has 0 atom stereocenters. The standard InChI is InChI=1S/C14H18N4O/c1-9(2)19-14-12(15)13(16-8-17-14)18-11-7-5-4-6-10(11)3/h4-9H,15H2,1-3H3,(H,16,17,18). The number of hydrogen-bond donors (Lipinski definition) is 2. The van der Waals surface area contributed by atoms with Crippen molar-refractivity contribution in [1.29, 1.82) is 0 Å². The van der Waals surface area contributed by atoms with Crippen molar-refractivity contribution in [3.05, 3.63) is 36.2 Å². The summed E-state index contributed by atoms with van der Waals surface area (Å²) >= 11 is 0. The van der Waals surface area contributed by atoms with Crippen LogP contribution in [0.3, 0.4) is 0 Å². The highest BCUT2D eigenvalue weighted by molar-refractivity contribution is 5.73. The number of ether oxygens (including phenoxy) is 1. The first-order valence-corrected chi connectivity index (χ1v) is 6.17. The van der Waals surface area contributed by atoms with Gasteiger partial charge in [0.05, 0.1) is 6.10 Å². The van der Waals surface area contributed by atoms with Crippen LogP contribution in [0.4, 0.5) is 17.2 Å². The summed E-state index contributed by atoms with van der Waals surface area (Å²) in [6.45, 7) is 5.87. The first kappa shape index (κ1) is 13.1. The van der Waals surface area contributed by atoms with Crippen molar-refractivity contribution in [2.75, 3.05) is 11.1 Å². The Labute approximate surface area is 112 Å². The first-order valence-electron chi connectivity index (χ1n) is 6.17. The molecule has 0 unspecified atom stereocenters.